The number of carbonyl (C=O) groups is 1. The molecule has 0 saturated carbocycles. The van der Waals surface area contributed by atoms with Crippen molar-refractivity contribution in [2.45, 2.75) is 48.2 Å². The summed E-state index contributed by atoms with van der Waals surface area (Å²) in [5.74, 6) is 0.0611. The van der Waals surface area contributed by atoms with Crippen molar-refractivity contribution in [1.82, 2.24) is 14.9 Å². The fraction of sp³-hybridized carbons (Fsp3) is 0.292. The van der Waals surface area contributed by atoms with Gasteiger partial charge in [0.1, 0.15) is 0 Å². The topological polar surface area (TPSA) is 64.0 Å². The number of hydrogen-bond donors (Lipinski definition) is 1. The van der Waals surface area contributed by atoms with Crippen LogP contribution >= 0.6 is 35.1 Å². The Morgan fingerprint density at radius 3 is 2.75 bits per heavy atom. The first-order chi connectivity index (χ1) is 15.5. The molecule has 0 spiro atoms. The monoisotopic (exact) mass is 485 g/mol. The summed E-state index contributed by atoms with van der Waals surface area (Å²) in [6, 6.07) is 17.5. The van der Waals surface area contributed by atoms with Gasteiger partial charge in [-0.15, -0.1) is 11.8 Å². The predicted octanol–water partition coefficient (Wildman–Crippen LogP) is 4.58. The molecule has 0 saturated heterocycles. The second kappa shape index (κ2) is 10.6. The molecule has 4 rings (SSSR count). The van der Waals surface area contributed by atoms with E-state index in [1.54, 1.807) is 22.4 Å². The van der Waals surface area contributed by atoms with Crippen molar-refractivity contribution < 1.29 is 4.79 Å². The number of aromatic nitrogens is 2. The number of fused-ring (bicyclic) bond motifs is 1. The van der Waals surface area contributed by atoms with Crippen molar-refractivity contribution in [2.24, 2.45) is 0 Å². The second-order valence-corrected chi connectivity index (χ2v) is 10.5. The van der Waals surface area contributed by atoms with Gasteiger partial charge in [0.15, 0.2) is 5.16 Å². The van der Waals surface area contributed by atoms with Crippen molar-refractivity contribution in [1.29, 1.82) is 0 Å². The molecule has 8 heteroatoms. The molecule has 5 nitrogen and oxygen atoms in total. The molecule has 1 unspecified atom stereocenters. The van der Waals surface area contributed by atoms with Gasteiger partial charge in [-0.3, -0.25) is 14.2 Å². The van der Waals surface area contributed by atoms with Gasteiger partial charge in [-0.25, -0.2) is 4.98 Å². The fourth-order valence-corrected chi connectivity index (χ4v) is 5.73. The number of amides is 1. The third-order valence-corrected chi connectivity index (χ3v) is 7.76. The van der Waals surface area contributed by atoms with E-state index >= 15 is 0 Å². The summed E-state index contributed by atoms with van der Waals surface area (Å²) in [7, 11) is 0. The molecular formula is C24H24ClN3O2S2. The number of hydrogen-bond acceptors (Lipinski definition) is 5. The number of nitrogens with one attached hydrogen (secondary N) is 1. The largest absolute Gasteiger partial charge is 0.351 e. The third kappa shape index (κ3) is 5.57. The van der Waals surface area contributed by atoms with Crippen LogP contribution in [0, 0.1) is 0 Å². The molecule has 0 bridgehead atoms. The highest BCUT2D eigenvalue weighted by molar-refractivity contribution is 8.00. The van der Waals surface area contributed by atoms with Gasteiger partial charge in [0, 0.05) is 29.8 Å². The number of halogens is 1. The molecule has 1 N–H and O–H groups in total. The van der Waals surface area contributed by atoms with Gasteiger partial charge in [-0.05, 0) is 23.6 Å². The Kier molecular flexibility index (Phi) is 7.60. The Morgan fingerprint density at radius 2 is 1.97 bits per heavy atom. The van der Waals surface area contributed by atoms with Crippen molar-refractivity contribution in [3.05, 3.63) is 86.8 Å². The maximum absolute atomic E-state index is 13.2. The first-order valence-electron chi connectivity index (χ1n) is 10.5. The van der Waals surface area contributed by atoms with Crippen molar-refractivity contribution in [2.75, 3.05) is 5.75 Å². The highest BCUT2D eigenvalue weighted by Crippen LogP contribution is 2.34. The molecule has 1 amide bonds. The van der Waals surface area contributed by atoms with Crippen LogP contribution in [0.4, 0.5) is 0 Å². The van der Waals surface area contributed by atoms with Crippen LogP contribution in [0.2, 0.25) is 5.02 Å². The molecule has 1 aromatic heterocycles. The lowest BCUT2D eigenvalue weighted by molar-refractivity contribution is -0.118. The minimum atomic E-state index is -0.123. The molecule has 3 aromatic rings. The van der Waals surface area contributed by atoms with Crippen LogP contribution in [0.15, 0.2) is 69.4 Å². The standard InChI is InChI=1S/C24H24ClN3O2S2/c1-16-13-20-22(32-16)23(30)28(12-11-17-7-3-2-4-8-17)24(27-20)31-15-21(29)26-14-18-9-5-6-10-19(18)25/h2-10,16H,11-15H2,1H3,(H,26,29). The number of carbonyl (C=O) groups excluding carboxylic acids is 1. The first kappa shape index (κ1) is 23.0. The summed E-state index contributed by atoms with van der Waals surface area (Å²) in [4.78, 5) is 31.2. The van der Waals surface area contributed by atoms with Crippen molar-refractivity contribution in [3.8, 4) is 0 Å². The number of rotatable bonds is 8. The van der Waals surface area contributed by atoms with Gasteiger partial charge in [-0.1, -0.05) is 78.8 Å². The average Bonchev–Trinajstić information content (AvgIpc) is 3.18. The summed E-state index contributed by atoms with van der Waals surface area (Å²) in [6.45, 7) is 3.00. The van der Waals surface area contributed by atoms with E-state index < -0.39 is 0 Å². The summed E-state index contributed by atoms with van der Waals surface area (Å²) in [6.07, 6.45) is 1.51. The summed E-state index contributed by atoms with van der Waals surface area (Å²) in [5.41, 5.74) is 2.88. The van der Waals surface area contributed by atoms with E-state index in [4.69, 9.17) is 16.6 Å². The van der Waals surface area contributed by atoms with E-state index in [2.05, 4.69) is 24.4 Å². The minimum Gasteiger partial charge on any atom is -0.351 e. The number of aryl methyl sites for hydroxylation is 1. The SMILES string of the molecule is CC1Cc2nc(SCC(=O)NCc3ccccc3Cl)n(CCc3ccccc3)c(=O)c2S1. The molecule has 0 radical (unpaired) electrons. The lowest BCUT2D eigenvalue weighted by Gasteiger charge is -2.14. The molecule has 1 aliphatic heterocycles. The van der Waals surface area contributed by atoms with E-state index in [1.165, 1.54) is 11.8 Å². The van der Waals surface area contributed by atoms with Crippen molar-refractivity contribution >= 4 is 41.0 Å². The Hall–Kier alpha value is -2.22. The zero-order valence-corrected chi connectivity index (χ0v) is 20.1. The first-order valence-corrected chi connectivity index (χ1v) is 12.7. The van der Waals surface area contributed by atoms with Crippen LogP contribution in [0.25, 0.3) is 0 Å². The molecule has 1 aliphatic rings. The van der Waals surface area contributed by atoms with E-state index in [1.807, 2.05) is 36.4 Å². The Bertz CT molecular complexity index is 1170. The summed E-state index contributed by atoms with van der Waals surface area (Å²) in [5, 5.41) is 4.47. The Morgan fingerprint density at radius 1 is 1.22 bits per heavy atom. The summed E-state index contributed by atoms with van der Waals surface area (Å²) >= 11 is 9.07. The van der Waals surface area contributed by atoms with Crippen LogP contribution < -0.4 is 10.9 Å². The van der Waals surface area contributed by atoms with Gasteiger partial charge in [-0.2, -0.15) is 0 Å². The Balaban J connectivity index is 1.47. The van der Waals surface area contributed by atoms with E-state index in [0.29, 0.717) is 28.5 Å². The molecule has 166 valence electrons. The van der Waals surface area contributed by atoms with Gasteiger partial charge < -0.3 is 5.32 Å². The number of thioether (sulfide) groups is 2. The molecule has 0 aliphatic carbocycles. The van der Waals surface area contributed by atoms with E-state index in [-0.39, 0.29) is 17.2 Å². The molecule has 32 heavy (non-hydrogen) atoms. The van der Waals surface area contributed by atoms with Gasteiger partial charge in [0.05, 0.1) is 16.3 Å². The van der Waals surface area contributed by atoms with Crippen LogP contribution in [0.1, 0.15) is 23.7 Å². The molecule has 2 aromatic carbocycles. The van der Waals surface area contributed by atoms with Crippen LogP contribution in [0.5, 0.6) is 0 Å². The zero-order valence-electron chi connectivity index (χ0n) is 17.7. The zero-order chi connectivity index (χ0) is 22.5. The smallest absolute Gasteiger partial charge is 0.268 e. The van der Waals surface area contributed by atoms with Crippen LogP contribution in [-0.4, -0.2) is 26.5 Å². The highest BCUT2D eigenvalue weighted by Gasteiger charge is 2.26. The minimum absolute atomic E-state index is 0.000688. The normalized spacial score (nSPS) is 14.9. The molecule has 1 atom stereocenters. The molecule has 2 heterocycles. The van der Waals surface area contributed by atoms with E-state index in [9.17, 15) is 9.59 Å². The van der Waals surface area contributed by atoms with E-state index in [0.717, 1.165) is 34.6 Å². The lowest BCUT2D eigenvalue weighted by atomic mass is 10.1. The van der Waals surface area contributed by atoms with Gasteiger partial charge in [0.2, 0.25) is 5.91 Å². The number of benzene rings is 2. The summed E-state index contributed by atoms with van der Waals surface area (Å²) < 4.78 is 1.73. The van der Waals surface area contributed by atoms with Crippen LogP contribution in [0.3, 0.4) is 0 Å². The quantitative estimate of drug-likeness (QED) is 0.373. The number of nitrogens with zero attached hydrogens (tertiary/aromatic N) is 2. The molecule has 0 fully saturated rings. The van der Waals surface area contributed by atoms with Crippen molar-refractivity contribution in [3.63, 3.8) is 0 Å². The lowest BCUT2D eigenvalue weighted by Crippen LogP contribution is -2.28. The Labute approximate surface area is 201 Å². The van der Waals surface area contributed by atoms with Gasteiger partial charge >= 0.3 is 0 Å². The predicted molar refractivity (Wildman–Crippen MR) is 132 cm³/mol. The third-order valence-electron chi connectivity index (χ3n) is 5.20. The highest BCUT2D eigenvalue weighted by atomic mass is 35.5. The van der Waals surface area contributed by atoms with Gasteiger partial charge in [0.25, 0.3) is 5.56 Å². The maximum atomic E-state index is 13.2. The molecular weight excluding hydrogens is 462 g/mol. The maximum Gasteiger partial charge on any atom is 0.268 e. The average molecular weight is 486 g/mol. The fourth-order valence-electron chi connectivity index (χ4n) is 3.54. The van der Waals surface area contributed by atoms with Crippen LogP contribution in [-0.2, 0) is 30.7 Å². The second-order valence-electron chi connectivity index (χ2n) is 7.65.